The molecule has 0 bridgehead atoms. The molecular formula is C7H8F2N2O2. The minimum Gasteiger partial charge on any atom is -0.481 e. The lowest BCUT2D eigenvalue weighted by Gasteiger charge is -2.09. The first kappa shape index (κ1) is 9.63. The van der Waals surface area contributed by atoms with Gasteiger partial charge in [-0.3, -0.25) is 4.79 Å². The normalized spacial score (nSPS) is 13.2. The van der Waals surface area contributed by atoms with E-state index in [1.807, 2.05) is 0 Å². The third-order valence-corrected chi connectivity index (χ3v) is 1.57. The van der Waals surface area contributed by atoms with Crippen LogP contribution in [0.25, 0.3) is 0 Å². The summed E-state index contributed by atoms with van der Waals surface area (Å²) in [4.78, 5) is 16.3. The Morgan fingerprint density at radius 3 is 2.77 bits per heavy atom. The third-order valence-electron chi connectivity index (χ3n) is 1.57. The molecule has 0 amide bonds. The first-order valence-electron chi connectivity index (χ1n) is 3.60. The zero-order valence-corrected chi connectivity index (χ0v) is 6.58. The summed E-state index contributed by atoms with van der Waals surface area (Å²) < 4.78 is 24.6. The summed E-state index contributed by atoms with van der Waals surface area (Å²) in [5, 5.41) is 8.36. The topological polar surface area (TPSA) is 66.0 Å². The Labute approximate surface area is 72.6 Å². The van der Waals surface area contributed by atoms with E-state index in [0.717, 1.165) is 0 Å². The van der Waals surface area contributed by atoms with Gasteiger partial charge in [0.05, 0.1) is 12.3 Å². The number of nitrogens with zero attached hydrogens (tertiary/aromatic N) is 1. The molecule has 6 heteroatoms. The number of aromatic amines is 1. The zero-order chi connectivity index (χ0) is 9.84. The number of aliphatic carboxylic acids is 1. The SMILES string of the molecule is O=C(O)CC(c1ncc[nH]1)C(F)F. The number of alkyl halides is 2. The summed E-state index contributed by atoms with van der Waals surface area (Å²) in [6.07, 6.45) is -0.646. The van der Waals surface area contributed by atoms with Gasteiger partial charge in [0.1, 0.15) is 5.82 Å². The van der Waals surface area contributed by atoms with Gasteiger partial charge in [-0.25, -0.2) is 13.8 Å². The molecule has 72 valence electrons. The number of imidazole rings is 1. The monoisotopic (exact) mass is 190 g/mol. The van der Waals surface area contributed by atoms with Crippen LogP contribution in [-0.4, -0.2) is 27.5 Å². The molecule has 0 spiro atoms. The van der Waals surface area contributed by atoms with Gasteiger partial charge >= 0.3 is 5.97 Å². The predicted molar refractivity (Wildman–Crippen MR) is 39.6 cm³/mol. The lowest BCUT2D eigenvalue weighted by molar-refractivity contribution is -0.138. The van der Waals surface area contributed by atoms with Crippen LogP contribution >= 0.6 is 0 Å². The van der Waals surface area contributed by atoms with E-state index in [2.05, 4.69) is 9.97 Å². The number of hydrogen-bond acceptors (Lipinski definition) is 2. The van der Waals surface area contributed by atoms with E-state index in [1.165, 1.54) is 12.4 Å². The highest BCUT2D eigenvalue weighted by Crippen LogP contribution is 2.23. The fourth-order valence-corrected chi connectivity index (χ4v) is 0.973. The van der Waals surface area contributed by atoms with Crippen molar-refractivity contribution in [1.82, 2.24) is 9.97 Å². The highest BCUT2D eigenvalue weighted by Gasteiger charge is 2.27. The summed E-state index contributed by atoms with van der Waals surface area (Å²) in [6, 6.07) is 0. The van der Waals surface area contributed by atoms with Crippen molar-refractivity contribution < 1.29 is 18.7 Å². The summed E-state index contributed by atoms with van der Waals surface area (Å²) in [5.41, 5.74) is 0. The number of H-pyrrole nitrogens is 1. The minimum atomic E-state index is -2.72. The van der Waals surface area contributed by atoms with Crippen LogP contribution in [0.15, 0.2) is 12.4 Å². The molecule has 1 aromatic rings. The van der Waals surface area contributed by atoms with E-state index in [0.29, 0.717) is 0 Å². The molecule has 2 N–H and O–H groups in total. The average molecular weight is 190 g/mol. The minimum absolute atomic E-state index is 0.0115. The lowest BCUT2D eigenvalue weighted by Crippen LogP contribution is -2.15. The largest absolute Gasteiger partial charge is 0.481 e. The van der Waals surface area contributed by atoms with E-state index in [1.54, 1.807) is 0 Å². The molecule has 4 nitrogen and oxygen atoms in total. The number of aromatic nitrogens is 2. The van der Waals surface area contributed by atoms with Gasteiger partial charge in [0, 0.05) is 12.4 Å². The number of hydrogen-bond donors (Lipinski definition) is 2. The van der Waals surface area contributed by atoms with Crippen molar-refractivity contribution in [3.63, 3.8) is 0 Å². The Hall–Kier alpha value is -1.46. The molecule has 0 aliphatic heterocycles. The van der Waals surface area contributed by atoms with E-state index < -0.39 is 24.7 Å². The maximum atomic E-state index is 12.3. The van der Waals surface area contributed by atoms with Gasteiger partial charge in [0.25, 0.3) is 0 Å². The number of halogens is 2. The number of carboxylic acids is 1. The van der Waals surface area contributed by atoms with Gasteiger partial charge < -0.3 is 10.1 Å². The zero-order valence-electron chi connectivity index (χ0n) is 6.58. The second kappa shape index (κ2) is 3.97. The first-order valence-corrected chi connectivity index (χ1v) is 3.60. The van der Waals surface area contributed by atoms with Gasteiger partial charge in [-0.1, -0.05) is 0 Å². The number of nitrogens with one attached hydrogen (secondary N) is 1. The van der Waals surface area contributed by atoms with E-state index in [4.69, 9.17) is 5.11 Å². The molecule has 1 rings (SSSR count). The van der Waals surface area contributed by atoms with Crippen LogP contribution in [0.2, 0.25) is 0 Å². The van der Waals surface area contributed by atoms with E-state index in [9.17, 15) is 13.6 Å². The van der Waals surface area contributed by atoms with Crippen LogP contribution in [0, 0.1) is 0 Å². The van der Waals surface area contributed by atoms with Crippen molar-refractivity contribution in [2.24, 2.45) is 0 Å². The van der Waals surface area contributed by atoms with Crippen molar-refractivity contribution in [3.8, 4) is 0 Å². The van der Waals surface area contributed by atoms with Gasteiger partial charge in [-0.05, 0) is 0 Å². The number of rotatable bonds is 4. The average Bonchev–Trinajstić information content (AvgIpc) is 2.50. The Morgan fingerprint density at radius 2 is 2.38 bits per heavy atom. The van der Waals surface area contributed by atoms with Crippen molar-refractivity contribution in [3.05, 3.63) is 18.2 Å². The Kier molecular flexibility index (Phi) is 2.94. The standard InChI is InChI=1S/C7H8F2N2O2/c8-6(9)4(3-5(12)13)7-10-1-2-11-7/h1-2,4,6H,3H2,(H,10,11)(H,12,13). The quantitative estimate of drug-likeness (QED) is 0.750. The fraction of sp³-hybridized carbons (Fsp3) is 0.429. The van der Waals surface area contributed by atoms with Crippen molar-refractivity contribution in [2.45, 2.75) is 18.8 Å². The van der Waals surface area contributed by atoms with Crippen LogP contribution in [0.4, 0.5) is 8.78 Å². The van der Waals surface area contributed by atoms with E-state index in [-0.39, 0.29) is 5.82 Å². The van der Waals surface area contributed by atoms with Crippen molar-refractivity contribution >= 4 is 5.97 Å². The molecule has 0 aliphatic carbocycles. The highest BCUT2D eigenvalue weighted by molar-refractivity contribution is 5.67. The molecule has 13 heavy (non-hydrogen) atoms. The predicted octanol–water partition coefficient (Wildman–Crippen LogP) is 1.23. The summed E-state index contributed by atoms with van der Waals surface area (Å²) in [7, 11) is 0. The highest BCUT2D eigenvalue weighted by atomic mass is 19.3. The van der Waals surface area contributed by atoms with Gasteiger partial charge in [0.2, 0.25) is 6.43 Å². The first-order chi connectivity index (χ1) is 6.11. The summed E-state index contributed by atoms with van der Waals surface area (Å²) in [5.74, 6) is -2.60. The Morgan fingerprint density at radius 1 is 1.69 bits per heavy atom. The second-order valence-electron chi connectivity index (χ2n) is 2.51. The molecule has 1 heterocycles. The molecule has 1 unspecified atom stereocenters. The lowest BCUT2D eigenvalue weighted by atomic mass is 10.1. The van der Waals surface area contributed by atoms with Crippen LogP contribution in [-0.2, 0) is 4.79 Å². The molecule has 0 saturated heterocycles. The molecule has 1 aromatic heterocycles. The fourth-order valence-electron chi connectivity index (χ4n) is 0.973. The Balaban J connectivity index is 2.74. The number of carbonyl (C=O) groups is 1. The summed E-state index contributed by atoms with van der Waals surface area (Å²) in [6.45, 7) is 0. The Bertz CT molecular complexity index is 274. The second-order valence-corrected chi connectivity index (χ2v) is 2.51. The summed E-state index contributed by atoms with van der Waals surface area (Å²) >= 11 is 0. The van der Waals surface area contributed by atoms with Crippen LogP contribution in [0.1, 0.15) is 18.2 Å². The molecule has 0 saturated carbocycles. The van der Waals surface area contributed by atoms with Crippen molar-refractivity contribution in [1.29, 1.82) is 0 Å². The molecule has 0 aromatic carbocycles. The van der Waals surface area contributed by atoms with Crippen molar-refractivity contribution in [2.75, 3.05) is 0 Å². The van der Waals surface area contributed by atoms with Crippen LogP contribution in [0.5, 0.6) is 0 Å². The van der Waals surface area contributed by atoms with Gasteiger partial charge in [-0.2, -0.15) is 0 Å². The molecular weight excluding hydrogens is 182 g/mol. The van der Waals surface area contributed by atoms with E-state index >= 15 is 0 Å². The molecule has 0 aliphatic rings. The van der Waals surface area contributed by atoms with Gasteiger partial charge in [0.15, 0.2) is 0 Å². The molecule has 0 radical (unpaired) electrons. The molecule has 0 fully saturated rings. The maximum absolute atomic E-state index is 12.3. The smallest absolute Gasteiger partial charge is 0.304 e. The van der Waals surface area contributed by atoms with Crippen LogP contribution < -0.4 is 0 Å². The van der Waals surface area contributed by atoms with Crippen LogP contribution in [0.3, 0.4) is 0 Å². The molecule has 1 atom stereocenters. The number of carboxylic acid groups (broad SMARTS) is 1. The maximum Gasteiger partial charge on any atom is 0.304 e. The third kappa shape index (κ3) is 2.50. The van der Waals surface area contributed by atoms with Gasteiger partial charge in [-0.15, -0.1) is 0 Å².